The van der Waals surface area contributed by atoms with Gasteiger partial charge in [-0.1, -0.05) is 12.1 Å². The molecule has 0 N–H and O–H groups in total. The summed E-state index contributed by atoms with van der Waals surface area (Å²) in [5, 5.41) is 0. The van der Waals surface area contributed by atoms with Gasteiger partial charge in [0.15, 0.2) is 0 Å². The molecule has 0 fully saturated rings. The Bertz CT molecular complexity index is 615. The average Bonchev–Trinajstić information content (AvgIpc) is 2.46. The van der Waals surface area contributed by atoms with Gasteiger partial charge in [0.25, 0.3) is 0 Å². The van der Waals surface area contributed by atoms with E-state index in [1.807, 2.05) is 6.07 Å². The Balaban J connectivity index is 1.93. The SMILES string of the molecule is FC(F)(F)c1ccc(-c2ccc3c(c2)CCCC3)nc1. The minimum atomic E-state index is -4.33. The van der Waals surface area contributed by atoms with Gasteiger partial charge in [-0.3, -0.25) is 4.98 Å². The van der Waals surface area contributed by atoms with Crippen molar-refractivity contribution in [1.29, 1.82) is 0 Å². The van der Waals surface area contributed by atoms with Crippen molar-refractivity contribution in [2.24, 2.45) is 0 Å². The van der Waals surface area contributed by atoms with Crippen molar-refractivity contribution in [3.8, 4) is 11.3 Å². The van der Waals surface area contributed by atoms with E-state index in [1.165, 1.54) is 30.0 Å². The minimum absolute atomic E-state index is 0.589. The Morgan fingerprint density at radius 2 is 1.65 bits per heavy atom. The maximum atomic E-state index is 12.5. The summed E-state index contributed by atoms with van der Waals surface area (Å²) in [5.74, 6) is 0. The van der Waals surface area contributed by atoms with Gasteiger partial charge in [0, 0.05) is 11.8 Å². The van der Waals surface area contributed by atoms with Crippen LogP contribution in [0.4, 0.5) is 13.2 Å². The normalized spacial score (nSPS) is 14.9. The second-order valence-corrected chi connectivity index (χ2v) is 5.12. The highest BCUT2D eigenvalue weighted by molar-refractivity contribution is 5.61. The number of halogens is 3. The molecule has 1 aliphatic rings. The fourth-order valence-corrected chi connectivity index (χ4v) is 2.63. The summed E-state index contributed by atoms with van der Waals surface area (Å²) in [4.78, 5) is 3.94. The fourth-order valence-electron chi connectivity index (χ4n) is 2.63. The summed E-state index contributed by atoms with van der Waals surface area (Å²) in [6.45, 7) is 0. The molecule has 2 aromatic rings. The zero-order valence-corrected chi connectivity index (χ0v) is 10.9. The molecule has 0 saturated carbocycles. The Kier molecular flexibility index (Phi) is 3.24. The third-order valence-electron chi connectivity index (χ3n) is 3.74. The van der Waals surface area contributed by atoms with Crippen molar-refractivity contribution in [2.75, 3.05) is 0 Å². The molecule has 0 radical (unpaired) electrons. The van der Waals surface area contributed by atoms with Gasteiger partial charge in [-0.05, 0) is 55.0 Å². The molecule has 0 amide bonds. The number of benzene rings is 1. The Morgan fingerprint density at radius 3 is 2.30 bits per heavy atom. The standard InChI is InChI=1S/C16H14F3N/c17-16(18,19)14-7-8-15(20-10-14)13-6-5-11-3-1-2-4-12(11)9-13/h5-10H,1-4H2. The van der Waals surface area contributed by atoms with E-state index in [2.05, 4.69) is 17.1 Å². The first-order valence-corrected chi connectivity index (χ1v) is 6.69. The predicted octanol–water partition coefficient (Wildman–Crippen LogP) is 4.65. The van der Waals surface area contributed by atoms with Crippen LogP contribution in [-0.4, -0.2) is 4.98 Å². The van der Waals surface area contributed by atoms with Gasteiger partial charge < -0.3 is 0 Å². The quantitative estimate of drug-likeness (QED) is 0.739. The van der Waals surface area contributed by atoms with Crippen LogP contribution in [0, 0.1) is 0 Å². The molecule has 0 aliphatic heterocycles. The van der Waals surface area contributed by atoms with Crippen LogP contribution < -0.4 is 0 Å². The maximum Gasteiger partial charge on any atom is 0.417 e. The molecule has 1 nitrogen and oxygen atoms in total. The number of pyridine rings is 1. The van der Waals surface area contributed by atoms with Crippen molar-refractivity contribution in [2.45, 2.75) is 31.9 Å². The molecule has 0 bridgehead atoms. The van der Waals surface area contributed by atoms with Crippen LogP contribution >= 0.6 is 0 Å². The van der Waals surface area contributed by atoms with E-state index >= 15 is 0 Å². The number of aromatic nitrogens is 1. The first kappa shape index (κ1) is 13.2. The summed E-state index contributed by atoms with van der Waals surface area (Å²) < 4.78 is 37.5. The first-order chi connectivity index (χ1) is 9.54. The number of aryl methyl sites for hydroxylation is 2. The summed E-state index contributed by atoms with van der Waals surface area (Å²) in [5.41, 5.74) is 3.42. The van der Waals surface area contributed by atoms with Gasteiger partial charge in [0.1, 0.15) is 0 Å². The van der Waals surface area contributed by atoms with Crippen LogP contribution in [-0.2, 0) is 19.0 Å². The van der Waals surface area contributed by atoms with E-state index in [0.29, 0.717) is 5.69 Å². The highest BCUT2D eigenvalue weighted by atomic mass is 19.4. The Labute approximate surface area is 115 Å². The molecule has 1 aliphatic carbocycles. The smallest absolute Gasteiger partial charge is 0.256 e. The molecule has 1 aromatic heterocycles. The van der Waals surface area contributed by atoms with Gasteiger partial charge in [-0.2, -0.15) is 13.2 Å². The second-order valence-electron chi connectivity index (χ2n) is 5.12. The molecular weight excluding hydrogens is 263 g/mol. The molecule has 0 saturated heterocycles. The van der Waals surface area contributed by atoms with Gasteiger partial charge in [0.05, 0.1) is 11.3 Å². The zero-order chi connectivity index (χ0) is 14.2. The molecular formula is C16H14F3N. The maximum absolute atomic E-state index is 12.5. The lowest BCUT2D eigenvalue weighted by molar-refractivity contribution is -0.137. The number of nitrogens with zero attached hydrogens (tertiary/aromatic N) is 1. The fraction of sp³-hybridized carbons (Fsp3) is 0.312. The third-order valence-corrected chi connectivity index (χ3v) is 3.74. The number of hydrogen-bond acceptors (Lipinski definition) is 1. The molecule has 4 heteroatoms. The molecule has 3 rings (SSSR count). The second kappa shape index (κ2) is 4.93. The van der Waals surface area contributed by atoms with Crippen molar-refractivity contribution < 1.29 is 13.2 Å². The first-order valence-electron chi connectivity index (χ1n) is 6.69. The van der Waals surface area contributed by atoms with Gasteiger partial charge in [-0.15, -0.1) is 0 Å². The molecule has 104 valence electrons. The van der Waals surface area contributed by atoms with Gasteiger partial charge >= 0.3 is 6.18 Å². The van der Waals surface area contributed by atoms with E-state index in [4.69, 9.17) is 0 Å². The van der Waals surface area contributed by atoms with Crippen LogP contribution in [0.15, 0.2) is 36.5 Å². The van der Waals surface area contributed by atoms with Crippen molar-refractivity contribution in [3.05, 3.63) is 53.2 Å². The monoisotopic (exact) mass is 277 g/mol. The number of hydrogen-bond donors (Lipinski definition) is 0. The van der Waals surface area contributed by atoms with Crippen molar-refractivity contribution in [3.63, 3.8) is 0 Å². The van der Waals surface area contributed by atoms with Crippen LogP contribution in [0.5, 0.6) is 0 Å². The average molecular weight is 277 g/mol. The summed E-state index contributed by atoms with van der Waals surface area (Å²) in [7, 11) is 0. The van der Waals surface area contributed by atoms with Crippen LogP contribution in [0.2, 0.25) is 0 Å². The van der Waals surface area contributed by atoms with E-state index < -0.39 is 11.7 Å². The topological polar surface area (TPSA) is 12.9 Å². The predicted molar refractivity (Wildman–Crippen MR) is 71.3 cm³/mol. The Morgan fingerprint density at radius 1 is 0.900 bits per heavy atom. The molecule has 0 atom stereocenters. The van der Waals surface area contributed by atoms with Gasteiger partial charge in [0.2, 0.25) is 0 Å². The lowest BCUT2D eigenvalue weighted by atomic mass is 9.90. The van der Waals surface area contributed by atoms with Gasteiger partial charge in [-0.25, -0.2) is 0 Å². The summed E-state index contributed by atoms with van der Waals surface area (Å²) in [6, 6.07) is 8.60. The zero-order valence-electron chi connectivity index (χ0n) is 10.9. The lowest BCUT2D eigenvalue weighted by Gasteiger charge is -2.16. The van der Waals surface area contributed by atoms with E-state index in [9.17, 15) is 13.2 Å². The van der Waals surface area contributed by atoms with Crippen LogP contribution in [0.25, 0.3) is 11.3 Å². The molecule has 1 aromatic carbocycles. The highest BCUT2D eigenvalue weighted by Gasteiger charge is 2.30. The molecule has 20 heavy (non-hydrogen) atoms. The third kappa shape index (κ3) is 2.55. The highest BCUT2D eigenvalue weighted by Crippen LogP contribution is 2.31. The number of rotatable bonds is 1. The molecule has 0 spiro atoms. The minimum Gasteiger partial charge on any atom is -0.256 e. The lowest BCUT2D eigenvalue weighted by Crippen LogP contribution is -2.05. The van der Waals surface area contributed by atoms with E-state index in [1.54, 1.807) is 0 Å². The largest absolute Gasteiger partial charge is 0.417 e. The van der Waals surface area contributed by atoms with Crippen LogP contribution in [0.1, 0.15) is 29.5 Å². The summed E-state index contributed by atoms with van der Waals surface area (Å²) in [6.07, 6.45) is 1.10. The molecule has 0 unspecified atom stereocenters. The van der Waals surface area contributed by atoms with E-state index in [-0.39, 0.29) is 0 Å². The summed E-state index contributed by atoms with van der Waals surface area (Å²) >= 11 is 0. The Hall–Kier alpha value is -1.84. The van der Waals surface area contributed by atoms with E-state index in [0.717, 1.165) is 30.7 Å². The number of alkyl halides is 3. The molecule has 1 heterocycles. The van der Waals surface area contributed by atoms with Crippen molar-refractivity contribution >= 4 is 0 Å². The number of fused-ring (bicyclic) bond motifs is 1. The van der Waals surface area contributed by atoms with Crippen molar-refractivity contribution in [1.82, 2.24) is 4.98 Å². The van der Waals surface area contributed by atoms with Crippen LogP contribution in [0.3, 0.4) is 0 Å².